The van der Waals surface area contributed by atoms with Crippen molar-refractivity contribution in [3.05, 3.63) is 77.4 Å². The third-order valence-corrected chi connectivity index (χ3v) is 8.21. The number of allylic oxidation sites excluding steroid dienone is 1. The second kappa shape index (κ2) is 18.9. The lowest BCUT2D eigenvalue weighted by atomic mass is 9.93. The molecule has 254 valence electrons. The predicted molar refractivity (Wildman–Crippen MR) is 176 cm³/mol. The maximum atomic E-state index is 13.9. The van der Waals surface area contributed by atoms with E-state index in [0.717, 1.165) is 68.4 Å². The quantitative estimate of drug-likeness (QED) is 0.109. The van der Waals surface area contributed by atoms with Crippen molar-refractivity contribution in [1.29, 1.82) is 0 Å². The number of carbonyl (C=O) groups excluding carboxylic acids is 5. The van der Waals surface area contributed by atoms with E-state index in [2.05, 4.69) is 0 Å². The number of hydrogen-bond donors (Lipinski definition) is 1. The third kappa shape index (κ3) is 10.7. The molecule has 1 aliphatic heterocycles. The highest BCUT2D eigenvalue weighted by molar-refractivity contribution is 6.25. The second-order valence-corrected chi connectivity index (χ2v) is 11.9. The first-order valence-electron chi connectivity index (χ1n) is 16.3. The van der Waals surface area contributed by atoms with Gasteiger partial charge < -0.3 is 19.3 Å². The number of imide groups is 1. The Labute approximate surface area is 277 Å². The third-order valence-electron chi connectivity index (χ3n) is 8.21. The maximum Gasteiger partial charge on any atom is 0.417 e. The van der Waals surface area contributed by atoms with Gasteiger partial charge in [0, 0.05) is 32.6 Å². The van der Waals surface area contributed by atoms with Crippen molar-refractivity contribution in [2.24, 2.45) is 0 Å². The number of nitrogens with zero attached hydrogens (tertiary/aromatic N) is 1. The summed E-state index contributed by atoms with van der Waals surface area (Å²) in [5.74, 6) is -2.83. The van der Waals surface area contributed by atoms with Crippen LogP contribution in [0.4, 0.5) is 4.79 Å². The number of unbranched alkanes of at least 4 members (excludes halogenated alkanes) is 7. The summed E-state index contributed by atoms with van der Waals surface area (Å²) in [6, 6.07) is 15.4. The Morgan fingerprint density at radius 3 is 2.15 bits per heavy atom. The van der Waals surface area contributed by atoms with Crippen molar-refractivity contribution in [3.8, 4) is 0 Å². The minimum absolute atomic E-state index is 0.139. The van der Waals surface area contributed by atoms with Crippen molar-refractivity contribution < 1.29 is 43.3 Å². The van der Waals surface area contributed by atoms with Crippen LogP contribution in [0.25, 0.3) is 5.57 Å². The lowest BCUT2D eigenvalue weighted by molar-refractivity contribution is -0.166. The minimum Gasteiger partial charge on any atom is -0.451 e. The number of rotatable bonds is 19. The monoisotopic (exact) mass is 649 g/mol. The summed E-state index contributed by atoms with van der Waals surface area (Å²) in [7, 11) is 1.18. The highest BCUT2D eigenvalue weighted by Gasteiger charge is 2.48. The molecule has 2 amide bonds. The Morgan fingerprint density at radius 1 is 0.915 bits per heavy atom. The van der Waals surface area contributed by atoms with Gasteiger partial charge in [-0.15, -0.1) is 0 Å². The SMILES string of the molecule is CO[C@@H](C(=O)N1C(=O)O[C@@H](c2ccccc2)[C@H]1C)[C@@H](OC(C)=O)C(=O)C=C(C(=O)CCCCCCCCCCO)c1cccc(C)c1. The van der Waals surface area contributed by atoms with Crippen LogP contribution in [0.1, 0.15) is 94.4 Å². The van der Waals surface area contributed by atoms with Gasteiger partial charge in [0.05, 0.1) is 6.04 Å². The number of aliphatic hydroxyl groups is 1. The molecule has 0 bridgehead atoms. The summed E-state index contributed by atoms with van der Waals surface area (Å²) < 4.78 is 16.3. The molecule has 0 spiro atoms. The predicted octanol–water partition coefficient (Wildman–Crippen LogP) is 6.08. The number of aryl methyl sites for hydroxylation is 1. The fourth-order valence-electron chi connectivity index (χ4n) is 5.74. The molecule has 1 saturated heterocycles. The Bertz CT molecular complexity index is 1400. The summed E-state index contributed by atoms with van der Waals surface area (Å²) in [5, 5.41) is 8.91. The zero-order valence-corrected chi connectivity index (χ0v) is 27.8. The van der Waals surface area contributed by atoms with Crippen molar-refractivity contribution in [2.45, 2.75) is 103 Å². The second-order valence-electron chi connectivity index (χ2n) is 11.9. The fraction of sp³-hybridized carbons (Fsp3) is 0.486. The van der Waals surface area contributed by atoms with Crippen molar-refractivity contribution in [1.82, 2.24) is 4.90 Å². The molecule has 0 saturated carbocycles. The summed E-state index contributed by atoms with van der Waals surface area (Å²) in [4.78, 5) is 67.2. The van der Waals surface area contributed by atoms with E-state index >= 15 is 0 Å². The van der Waals surface area contributed by atoms with E-state index in [1.807, 2.05) is 19.1 Å². The van der Waals surface area contributed by atoms with Gasteiger partial charge in [0.2, 0.25) is 0 Å². The highest BCUT2D eigenvalue weighted by Crippen LogP contribution is 2.33. The number of cyclic esters (lactones) is 1. The van der Waals surface area contributed by atoms with E-state index in [0.29, 0.717) is 17.5 Å². The van der Waals surface area contributed by atoms with E-state index in [4.69, 9.17) is 19.3 Å². The molecule has 2 aromatic carbocycles. The number of ether oxygens (including phenoxy) is 3. The zero-order valence-electron chi connectivity index (χ0n) is 27.8. The number of ketones is 2. The summed E-state index contributed by atoms with van der Waals surface area (Å²) in [6.07, 6.45) is 3.70. The molecule has 1 N–H and O–H groups in total. The molecule has 1 aliphatic rings. The van der Waals surface area contributed by atoms with E-state index in [-0.39, 0.29) is 24.4 Å². The van der Waals surface area contributed by atoms with Crippen LogP contribution in [0.3, 0.4) is 0 Å². The minimum atomic E-state index is -1.76. The van der Waals surface area contributed by atoms with Gasteiger partial charge in [0.15, 0.2) is 23.8 Å². The molecule has 1 fully saturated rings. The molecular formula is C37H47NO9. The molecule has 2 aromatic rings. The van der Waals surface area contributed by atoms with Gasteiger partial charge in [-0.1, -0.05) is 98.7 Å². The summed E-state index contributed by atoms with van der Waals surface area (Å²) >= 11 is 0. The first kappa shape index (κ1) is 37.3. The topological polar surface area (TPSA) is 137 Å². The number of benzene rings is 2. The highest BCUT2D eigenvalue weighted by atomic mass is 16.6. The van der Waals surface area contributed by atoms with Crippen LogP contribution in [-0.2, 0) is 33.4 Å². The smallest absolute Gasteiger partial charge is 0.417 e. The van der Waals surface area contributed by atoms with Gasteiger partial charge in [-0.2, -0.15) is 0 Å². The number of carbonyl (C=O) groups is 5. The van der Waals surface area contributed by atoms with E-state index in [1.54, 1.807) is 49.4 Å². The maximum absolute atomic E-state index is 13.9. The van der Waals surface area contributed by atoms with Crippen molar-refractivity contribution >= 4 is 35.1 Å². The number of methoxy groups -OCH3 is 1. The van der Waals surface area contributed by atoms with Crippen molar-refractivity contribution in [3.63, 3.8) is 0 Å². The van der Waals surface area contributed by atoms with Gasteiger partial charge >= 0.3 is 12.1 Å². The summed E-state index contributed by atoms with van der Waals surface area (Å²) in [5.41, 5.74) is 2.23. The largest absolute Gasteiger partial charge is 0.451 e. The fourth-order valence-corrected chi connectivity index (χ4v) is 5.74. The van der Waals surface area contributed by atoms with Gasteiger partial charge in [0.1, 0.15) is 6.10 Å². The number of hydrogen-bond acceptors (Lipinski definition) is 9. The standard InChI is InChI=1S/C37H47NO9/c1-25-17-16-20-29(23-25)30(31(41)21-14-9-7-5-6-8-10-15-22-39)24-32(42)34(46-27(3)40)35(45-4)36(43)38-26(2)33(47-37(38)44)28-18-12-11-13-19-28/h11-13,16-20,23-24,26,33-35,39H,5-10,14-15,21-22H2,1-4H3/t26-,33-,34+,35-/m1/s1. The number of aliphatic hydroxyl groups excluding tert-OH is 1. The molecule has 1 heterocycles. The Hall–Kier alpha value is -4.15. The number of amides is 2. The van der Waals surface area contributed by atoms with E-state index in [9.17, 15) is 24.0 Å². The van der Waals surface area contributed by atoms with Gasteiger partial charge in [-0.25, -0.2) is 9.69 Å². The van der Waals surface area contributed by atoms with Gasteiger partial charge in [-0.3, -0.25) is 19.2 Å². The Kier molecular flexibility index (Phi) is 15.0. The first-order chi connectivity index (χ1) is 22.6. The first-order valence-corrected chi connectivity index (χ1v) is 16.3. The van der Waals surface area contributed by atoms with Crippen LogP contribution in [0.5, 0.6) is 0 Å². The van der Waals surface area contributed by atoms with Gasteiger partial charge in [-0.05, 0) is 43.9 Å². The molecule has 0 aliphatic carbocycles. The van der Waals surface area contributed by atoms with Crippen LogP contribution >= 0.6 is 0 Å². The van der Waals surface area contributed by atoms with E-state index in [1.165, 1.54) is 7.11 Å². The van der Waals surface area contributed by atoms with E-state index < -0.39 is 48.1 Å². The number of esters is 1. The molecule has 0 aromatic heterocycles. The molecule has 4 atom stereocenters. The lowest BCUT2D eigenvalue weighted by Gasteiger charge is -2.27. The number of Topliss-reactive ketones (excluding diaryl/α,β-unsaturated/α-hetero) is 1. The average molecular weight is 650 g/mol. The van der Waals surface area contributed by atoms with Crippen LogP contribution < -0.4 is 0 Å². The van der Waals surface area contributed by atoms with Crippen LogP contribution in [-0.4, -0.2) is 71.5 Å². The molecular weight excluding hydrogens is 602 g/mol. The molecule has 0 unspecified atom stereocenters. The van der Waals surface area contributed by atoms with Gasteiger partial charge in [0.25, 0.3) is 5.91 Å². The Morgan fingerprint density at radius 2 is 1.55 bits per heavy atom. The Balaban J connectivity index is 1.82. The molecule has 3 rings (SSSR count). The molecule has 10 heteroatoms. The molecule has 0 radical (unpaired) electrons. The van der Waals surface area contributed by atoms with Crippen LogP contribution in [0.2, 0.25) is 0 Å². The summed E-state index contributed by atoms with van der Waals surface area (Å²) in [6.45, 7) is 4.82. The van der Waals surface area contributed by atoms with Crippen LogP contribution in [0, 0.1) is 6.92 Å². The molecule has 10 nitrogen and oxygen atoms in total. The van der Waals surface area contributed by atoms with Crippen LogP contribution in [0.15, 0.2) is 60.7 Å². The van der Waals surface area contributed by atoms with Crippen molar-refractivity contribution in [2.75, 3.05) is 13.7 Å². The average Bonchev–Trinajstić information content (AvgIpc) is 3.35. The molecule has 47 heavy (non-hydrogen) atoms. The zero-order chi connectivity index (χ0) is 34.3. The lowest BCUT2D eigenvalue weighted by Crippen LogP contribution is -2.52. The normalized spacial score (nSPS) is 17.6.